The van der Waals surface area contributed by atoms with Gasteiger partial charge in [-0.25, -0.2) is 0 Å². The highest BCUT2D eigenvalue weighted by molar-refractivity contribution is 6.30. The molecular formula is C20H23ClN4O2. The summed E-state index contributed by atoms with van der Waals surface area (Å²) >= 11 is 5.91. The Labute approximate surface area is 163 Å². The van der Waals surface area contributed by atoms with Crippen molar-refractivity contribution in [3.8, 4) is 11.4 Å². The molecule has 1 N–H and O–H groups in total. The Morgan fingerprint density at radius 2 is 1.96 bits per heavy atom. The smallest absolute Gasteiger partial charge is 0.228 e. The molecule has 1 aromatic carbocycles. The number of hydrogen-bond acceptors (Lipinski definition) is 6. The van der Waals surface area contributed by atoms with Crippen LogP contribution in [0.25, 0.3) is 11.4 Å². The second-order valence-electron chi connectivity index (χ2n) is 6.85. The van der Waals surface area contributed by atoms with Crippen molar-refractivity contribution in [1.82, 2.24) is 20.4 Å². The summed E-state index contributed by atoms with van der Waals surface area (Å²) < 4.78 is 10.8. The lowest BCUT2D eigenvalue weighted by Gasteiger charge is -2.31. The first-order valence-electron chi connectivity index (χ1n) is 9.33. The minimum absolute atomic E-state index is 0.538. The molecule has 1 aliphatic heterocycles. The van der Waals surface area contributed by atoms with Gasteiger partial charge in [0.15, 0.2) is 0 Å². The standard InChI is InChI=1S/C20H23ClN4O2/c21-16-5-3-15(4-6-16)20-23-19(27-24-20)7-10-22-17-8-11-25(12-9-17)14-18-2-1-13-26-18/h1-6,13,17,22H,7-12,14H2. The minimum Gasteiger partial charge on any atom is -0.468 e. The molecule has 4 rings (SSSR count). The monoisotopic (exact) mass is 386 g/mol. The highest BCUT2D eigenvalue weighted by Crippen LogP contribution is 2.19. The van der Waals surface area contributed by atoms with E-state index in [4.69, 9.17) is 20.5 Å². The quantitative estimate of drug-likeness (QED) is 0.666. The molecule has 0 aliphatic carbocycles. The van der Waals surface area contributed by atoms with Crippen molar-refractivity contribution >= 4 is 11.6 Å². The Balaban J connectivity index is 1.19. The average Bonchev–Trinajstić information content (AvgIpc) is 3.36. The number of halogens is 1. The van der Waals surface area contributed by atoms with Gasteiger partial charge in [0.25, 0.3) is 0 Å². The molecule has 0 amide bonds. The molecule has 0 radical (unpaired) electrons. The number of benzene rings is 1. The Hall–Kier alpha value is -2.15. The second-order valence-corrected chi connectivity index (χ2v) is 7.29. The number of furan rings is 1. The van der Waals surface area contributed by atoms with Crippen molar-refractivity contribution in [2.45, 2.75) is 31.8 Å². The maximum absolute atomic E-state index is 5.91. The number of piperidine rings is 1. The molecule has 27 heavy (non-hydrogen) atoms. The lowest BCUT2D eigenvalue weighted by atomic mass is 10.0. The number of rotatable bonds is 7. The summed E-state index contributed by atoms with van der Waals surface area (Å²) in [6, 6.07) is 12.0. The fourth-order valence-electron chi connectivity index (χ4n) is 3.37. The number of nitrogens with one attached hydrogen (secondary N) is 1. The first kappa shape index (κ1) is 18.2. The van der Waals surface area contributed by atoms with Crippen LogP contribution in [0.2, 0.25) is 5.02 Å². The van der Waals surface area contributed by atoms with Crippen molar-refractivity contribution in [2.75, 3.05) is 19.6 Å². The van der Waals surface area contributed by atoms with Crippen molar-refractivity contribution < 1.29 is 8.94 Å². The summed E-state index contributed by atoms with van der Waals surface area (Å²) in [5.74, 6) is 2.30. The molecule has 0 unspecified atom stereocenters. The van der Waals surface area contributed by atoms with E-state index in [1.54, 1.807) is 6.26 Å². The lowest BCUT2D eigenvalue weighted by molar-refractivity contribution is 0.179. The number of likely N-dealkylation sites (tertiary alicyclic amines) is 1. The summed E-state index contributed by atoms with van der Waals surface area (Å²) in [6.07, 6.45) is 4.74. The predicted octanol–water partition coefficient (Wildman–Crippen LogP) is 3.78. The van der Waals surface area contributed by atoms with Crippen LogP contribution >= 0.6 is 11.6 Å². The molecule has 1 aliphatic rings. The maximum atomic E-state index is 5.91. The van der Waals surface area contributed by atoms with E-state index in [1.165, 1.54) is 0 Å². The number of hydrogen-bond donors (Lipinski definition) is 1. The molecular weight excluding hydrogens is 364 g/mol. The van der Waals surface area contributed by atoms with Gasteiger partial charge in [-0.1, -0.05) is 16.8 Å². The molecule has 0 atom stereocenters. The van der Waals surface area contributed by atoms with Gasteiger partial charge in [-0.2, -0.15) is 4.98 Å². The van der Waals surface area contributed by atoms with Gasteiger partial charge in [0, 0.05) is 42.7 Å². The van der Waals surface area contributed by atoms with Crippen LogP contribution in [0.4, 0.5) is 0 Å². The number of aromatic nitrogens is 2. The average molecular weight is 387 g/mol. The van der Waals surface area contributed by atoms with Crippen LogP contribution in [0, 0.1) is 0 Å². The van der Waals surface area contributed by atoms with E-state index in [-0.39, 0.29) is 0 Å². The molecule has 1 saturated heterocycles. The maximum Gasteiger partial charge on any atom is 0.228 e. The second kappa shape index (κ2) is 8.69. The van der Waals surface area contributed by atoms with Gasteiger partial charge in [0.05, 0.1) is 12.8 Å². The fourth-order valence-corrected chi connectivity index (χ4v) is 3.50. The zero-order chi connectivity index (χ0) is 18.5. The van der Waals surface area contributed by atoms with E-state index in [2.05, 4.69) is 20.4 Å². The van der Waals surface area contributed by atoms with E-state index in [1.807, 2.05) is 36.4 Å². The number of nitrogens with zero attached hydrogens (tertiary/aromatic N) is 3. The highest BCUT2D eigenvalue weighted by Gasteiger charge is 2.19. The molecule has 3 heterocycles. The van der Waals surface area contributed by atoms with Crippen molar-refractivity contribution in [2.24, 2.45) is 0 Å². The van der Waals surface area contributed by atoms with E-state index < -0.39 is 0 Å². The van der Waals surface area contributed by atoms with Crippen LogP contribution in [0.1, 0.15) is 24.5 Å². The largest absolute Gasteiger partial charge is 0.468 e. The van der Waals surface area contributed by atoms with Gasteiger partial charge in [0.1, 0.15) is 5.76 Å². The van der Waals surface area contributed by atoms with Crippen LogP contribution in [-0.4, -0.2) is 40.7 Å². The van der Waals surface area contributed by atoms with E-state index in [0.717, 1.165) is 56.8 Å². The van der Waals surface area contributed by atoms with Gasteiger partial charge in [-0.05, 0) is 49.2 Å². The summed E-state index contributed by atoms with van der Waals surface area (Å²) in [7, 11) is 0. The predicted molar refractivity (Wildman–Crippen MR) is 103 cm³/mol. The molecule has 1 fully saturated rings. The van der Waals surface area contributed by atoms with E-state index >= 15 is 0 Å². The third-order valence-electron chi connectivity index (χ3n) is 4.89. The van der Waals surface area contributed by atoms with Gasteiger partial charge in [-0.3, -0.25) is 4.90 Å². The molecule has 0 spiro atoms. The molecule has 6 nitrogen and oxygen atoms in total. The Morgan fingerprint density at radius 3 is 2.70 bits per heavy atom. The molecule has 0 saturated carbocycles. The van der Waals surface area contributed by atoms with Crippen LogP contribution in [0.15, 0.2) is 51.6 Å². The van der Waals surface area contributed by atoms with Crippen molar-refractivity contribution in [1.29, 1.82) is 0 Å². The van der Waals surface area contributed by atoms with Crippen LogP contribution in [0.5, 0.6) is 0 Å². The Morgan fingerprint density at radius 1 is 1.15 bits per heavy atom. The van der Waals surface area contributed by atoms with Crippen molar-refractivity contribution in [3.63, 3.8) is 0 Å². The Kier molecular flexibility index (Phi) is 5.87. The summed E-state index contributed by atoms with van der Waals surface area (Å²) in [5.41, 5.74) is 0.909. The zero-order valence-corrected chi connectivity index (χ0v) is 15.9. The topological polar surface area (TPSA) is 67.3 Å². The SMILES string of the molecule is Clc1ccc(-c2noc(CCNC3CCN(Cc4ccco4)CC3)n2)cc1. The molecule has 0 bridgehead atoms. The van der Waals surface area contributed by atoms with Gasteiger partial charge in [0.2, 0.25) is 11.7 Å². The Bertz CT molecular complexity index is 824. The van der Waals surface area contributed by atoms with Crippen LogP contribution in [0.3, 0.4) is 0 Å². The first-order valence-corrected chi connectivity index (χ1v) is 9.71. The summed E-state index contributed by atoms with van der Waals surface area (Å²) in [5, 5.41) is 8.36. The van der Waals surface area contributed by atoms with Crippen LogP contribution in [-0.2, 0) is 13.0 Å². The molecule has 7 heteroatoms. The minimum atomic E-state index is 0.538. The third-order valence-corrected chi connectivity index (χ3v) is 5.14. The fraction of sp³-hybridized carbons (Fsp3) is 0.400. The molecule has 2 aromatic heterocycles. The van der Waals surface area contributed by atoms with E-state index in [9.17, 15) is 0 Å². The van der Waals surface area contributed by atoms with Gasteiger partial charge >= 0.3 is 0 Å². The lowest BCUT2D eigenvalue weighted by Crippen LogP contribution is -2.42. The normalized spacial score (nSPS) is 16.0. The van der Waals surface area contributed by atoms with Gasteiger partial charge < -0.3 is 14.3 Å². The van der Waals surface area contributed by atoms with Crippen LogP contribution < -0.4 is 5.32 Å². The molecule has 3 aromatic rings. The first-order chi connectivity index (χ1) is 13.3. The van der Waals surface area contributed by atoms with E-state index in [0.29, 0.717) is 22.8 Å². The third kappa shape index (κ3) is 4.97. The summed E-state index contributed by atoms with van der Waals surface area (Å²) in [6.45, 7) is 3.90. The van der Waals surface area contributed by atoms with Gasteiger partial charge in [-0.15, -0.1) is 0 Å². The van der Waals surface area contributed by atoms with Crippen molar-refractivity contribution in [3.05, 3.63) is 59.3 Å². The summed E-state index contributed by atoms with van der Waals surface area (Å²) in [4.78, 5) is 6.91. The molecule has 142 valence electrons. The highest BCUT2D eigenvalue weighted by atomic mass is 35.5. The zero-order valence-electron chi connectivity index (χ0n) is 15.1.